The van der Waals surface area contributed by atoms with Gasteiger partial charge in [0.25, 0.3) is 0 Å². The second kappa shape index (κ2) is 37.6. The number of aryl methyl sites for hydroxylation is 1. The van der Waals surface area contributed by atoms with Crippen LogP contribution in [-0.4, -0.2) is 24.5 Å². The standard InChI is InChI=1S/C52H93N3/c1-4-7-9-11-13-15-17-19-21-23-25-27-29-31-33-35-43-54(44-36-34-32-30-28-26-24-22-20-18-16-14-12-10-8-5-2)45-37-46-55-49-40-52(41-50-55)51-38-47-53(42-6-3)48-39-51/h6,38-41,47-50H,3-5,7-37,42-46H2,1-2H3/q+2. The number of unbranched alkanes of at least 4 members (excludes halogenated alkanes) is 30. The molecule has 3 heteroatoms. The number of pyridine rings is 2. The van der Waals surface area contributed by atoms with E-state index < -0.39 is 0 Å². The molecule has 0 spiro atoms. The molecule has 2 rings (SSSR count). The molecule has 0 radical (unpaired) electrons. The van der Waals surface area contributed by atoms with Crippen molar-refractivity contribution in [1.29, 1.82) is 0 Å². The van der Waals surface area contributed by atoms with Gasteiger partial charge in [0.2, 0.25) is 0 Å². The predicted molar refractivity (Wildman–Crippen MR) is 243 cm³/mol. The minimum Gasteiger partial charge on any atom is -0.303 e. The molecule has 0 bridgehead atoms. The molecule has 2 heterocycles. The van der Waals surface area contributed by atoms with Crippen molar-refractivity contribution >= 4 is 0 Å². The summed E-state index contributed by atoms with van der Waals surface area (Å²) in [5.74, 6) is 0. The molecular formula is C52H93N3+2. The fourth-order valence-corrected chi connectivity index (χ4v) is 8.30. The monoisotopic (exact) mass is 760 g/mol. The lowest BCUT2D eigenvalue weighted by Gasteiger charge is -2.22. The van der Waals surface area contributed by atoms with Gasteiger partial charge in [-0.2, -0.15) is 0 Å². The van der Waals surface area contributed by atoms with Crippen molar-refractivity contribution in [3.63, 3.8) is 0 Å². The summed E-state index contributed by atoms with van der Waals surface area (Å²) >= 11 is 0. The molecule has 0 saturated heterocycles. The van der Waals surface area contributed by atoms with E-state index in [-0.39, 0.29) is 0 Å². The lowest BCUT2D eigenvalue weighted by atomic mass is 10.0. The number of nitrogens with zero attached hydrogens (tertiary/aromatic N) is 3. The fraction of sp³-hybridized carbons (Fsp3) is 0.769. The van der Waals surface area contributed by atoms with Crippen molar-refractivity contribution in [2.75, 3.05) is 19.6 Å². The highest BCUT2D eigenvalue weighted by molar-refractivity contribution is 5.60. The van der Waals surface area contributed by atoms with Gasteiger partial charge in [0.15, 0.2) is 31.3 Å². The van der Waals surface area contributed by atoms with Crippen LogP contribution in [0.3, 0.4) is 0 Å². The lowest BCUT2D eigenvalue weighted by molar-refractivity contribution is -0.697. The number of aromatic nitrogens is 2. The number of hydrogen-bond donors (Lipinski definition) is 0. The Morgan fingerprint density at radius 3 is 0.964 bits per heavy atom. The third-order valence-electron chi connectivity index (χ3n) is 12.0. The van der Waals surface area contributed by atoms with Crippen molar-refractivity contribution in [3.8, 4) is 11.1 Å². The summed E-state index contributed by atoms with van der Waals surface area (Å²) in [5.41, 5.74) is 2.56. The highest BCUT2D eigenvalue weighted by atomic mass is 15.1. The minimum atomic E-state index is 0.852. The first kappa shape index (κ1) is 49.1. The molecule has 0 atom stereocenters. The Kier molecular flexibility index (Phi) is 33.6. The quantitative estimate of drug-likeness (QED) is 0.0373. The van der Waals surface area contributed by atoms with E-state index in [0.29, 0.717) is 0 Å². The van der Waals surface area contributed by atoms with E-state index in [9.17, 15) is 0 Å². The zero-order chi connectivity index (χ0) is 39.1. The summed E-state index contributed by atoms with van der Waals surface area (Å²) in [6.07, 6.45) is 58.2. The SMILES string of the molecule is C=CC[n+]1ccc(-c2cc[n+](CCCN(CCCCCCCCCCCCCCCCCC)CCCCCCCCCCCCCCCCCC)cc2)cc1. The summed E-state index contributed by atoms with van der Waals surface area (Å²) in [7, 11) is 0. The van der Waals surface area contributed by atoms with E-state index in [1.54, 1.807) is 0 Å². The molecule has 2 aromatic heterocycles. The summed E-state index contributed by atoms with van der Waals surface area (Å²) in [6, 6.07) is 8.97. The van der Waals surface area contributed by atoms with Gasteiger partial charge in [0.05, 0.1) is 0 Å². The van der Waals surface area contributed by atoms with E-state index in [1.807, 2.05) is 6.08 Å². The molecule has 0 unspecified atom stereocenters. The predicted octanol–water partition coefficient (Wildman–Crippen LogP) is 15.3. The average molecular weight is 760 g/mol. The van der Waals surface area contributed by atoms with Gasteiger partial charge in [-0.05, 0) is 43.1 Å². The maximum Gasteiger partial charge on any atom is 0.169 e. The Hall–Kier alpha value is -2.00. The molecule has 0 aliphatic heterocycles. The first-order valence-electron chi connectivity index (χ1n) is 24.6. The molecule has 55 heavy (non-hydrogen) atoms. The minimum absolute atomic E-state index is 0.852. The Labute approximate surface area is 344 Å². The number of hydrogen-bond acceptors (Lipinski definition) is 1. The largest absolute Gasteiger partial charge is 0.303 e. The van der Waals surface area contributed by atoms with Crippen LogP contribution < -0.4 is 9.13 Å². The molecule has 0 amide bonds. The smallest absolute Gasteiger partial charge is 0.169 e. The topological polar surface area (TPSA) is 11.0 Å². The molecule has 0 aliphatic rings. The van der Waals surface area contributed by atoms with E-state index in [0.717, 1.165) is 13.1 Å². The van der Waals surface area contributed by atoms with Crippen LogP contribution in [0.15, 0.2) is 61.7 Å². The number of rotatable bonds is 41. The van der Waals surface area contributed by atoms with Crippen LogP contribution in [0.5, 0.6) is 0 Å². The Bertz CT molecular complexity index is 1040. The van der Waals surface area contributed by atoms with Gasteiger partial charge in [0, 0.05) is 37.2 Å². The molecule has 0 N–H and O–H groups in total. The number of allylic oxidation sites excluding steroid dienone is 1. The van der Waals surface area contributed by atoms with Crippen LogP contribution in [-0.2, 0) is 13.1 Å². The maximum atomic E-state index is 3.85. The fourth-order valence-electron chi connectivity index (χ4n) is 8.30. The molecule has 2 aromatic rings. The molecule has 0 aromatic carbocycles. The second-order valence-corrected chi connectivity index (χ2v) is 17.2. The Morgan fingerprint density at radius 2 is 0.655 bits per heavy atom. The van der Waals surface area contributed by atoms with E-state index in [4.69, 9.17) is 0 Å². The van der Waals surface area contributed by atoms with Gasteiger partial charge in [-0.25, -0.2) is 9.13 Å². The van der Waals surface area contributed by atoms with Crippen LogP contribution in [0.4, 0.5) is 0 Å². The summed E-state index contributed by atoms with van der Waals surface area (Å²) in [4.78, 5) is 2.81. The summed E-state index contributed by atoms with van der Waals surface area (Å²) in [6.45, 7) is 14.2. The average Bonchev–Trinajstić information content (AvgIpc) is 3.21. The van der Waals surface area contributed by atoms with Gasteiger partial charge >= 0.3 is 0 Å². The normalized spacial score (nSPS) is 11.5. The van der Waals surface area contributed by atoms with Crippen LogP contribution in [0.1, 0.15) is 226 Å². The van der Waals surface area contributed by atoms with E-state index in [2.05, 4.69) is 83.5 Å². The van der Waals surface area contributed by atoms with Crippen molar-refractivity contribution in [1.82, 2.24) is 4.90 Å². The molecule has 314 valence electrons. The first-order valence-corrected chi connectivity index (χ1v) is 24.6. The maximum absolute atomic E-state index is 3.85. The highest BCUT2D eigenvalue weighted by Gasteiger charge is 2.09. The van der Waals surface area contributed by atoms with Gasteiger partial charge < -0.3 is 4.90 Å². The first-order chi connectivity index (χ1) is 27.3. The molecular weight excluding hydrogens is 667 g/mol. The van der Waals surface area contributed by atoms with Gasteiger partial charge in [-0.1, -0.05) is 213 Å². The second-order valence-electron chi connectivity index (χ2n) is 17.2. The Balaban J connectivity index is 1.59. The van der Waals surface area contributed by atoms with Gasteiger partial charge in [-0.3, -0.25) is 0 Å². The summed E-state index contributed by atoms with van der Waals surface area (Å²) in [5, 5.41) is 0. The summed E-state index contributed by atoms with van der Waals surface area (Å²) < 4.78 is 4.54. The van der Waals surface area contributed by atoms with Gasteiger partial charge in [-0.15, -0.1) is 0 Å². The van der Waals surface area contributed by atoms with Gasteiger partial charge in [0.1, 0.15) is 6.54 Å². The van der Waals surface area contributed by atoms with Crippen LogP contribution in [0, 0.1) is 0 Å². The zero-order valence-corrected chi connectivity index (χ0v) is 37.1. The van der Waals surface area contributed by atoms with Crippen LogP contribution in [0.2, 0.25) is 0 Å². The molecule has 0 fully saturated rings. The van der Waals surface area contributed by atoms with Crippen molar-refractivity contribution in [2.24, 2.45) is 0 Å². The van der Waals surface area contributed by atoms with E-state index >= 15 is 0 Å². The van der Waals surface area contributed by atoms with Crippen LogP contribution >= 0.6 is 0 Å². The van der Waals surface area contributed by atoms with Crippen molar-refractivity contribution in [2.45, 2.75) is 239 Å². The van der Waals surface area contributed by atoms with E-state index in [1.165, 1.54) is 243 Å². The Morgan fingerprint density at radius 1 is 0.382 bits per heavy atom. The third-order valence-corrected chi connectivity index (χ3v) is 12.0. The molecule has 3 nitrogen and oxygen atoms in total. The van der Waals surface area contributed by atoms with Crippen molar-refractivity contribution in [3.05, 3.63) is 61.7 Å². The molecule has 0 saturated carbocycles. The van der Waals surface area contributed by atoms with Crippen molar-refractivity contribution < 1.29 is 9.13 Å². The highest BCUT2D eigenvalue weighted by Crippen LogP contribution is 2.17. The molecule has 0 aliphatic carbocycles. The third kappa shape index (κ3) is 29.0. The zero-order valence-electron chi connectivity index (χ0n) is 37.1. The van der Waals surface area contributed by atoms with Crippen LogP contribution in [0.25, 0.3) is 11.1 Å². The lowest BCUT2D eigenvalue weighted by Crippen LogP contribution is -2.36.